The Balaban J connectivity index is 2.19. The van der Waals surface area contributed by atoms with Gasteiger partial charge < -0.3 is 15.2 Å². The summed E-state index contributed by atoms with van der Waals surface area (Å²) in [4.78, 5) is 22.0. The molecule has 1 amide bonds. The highest BCUT2D eigenvalue weighted by Crippen LogP contribution is 2.11. The Kier molecular flexibility index (Phi) is 6.56. The van der Waals surface area contributed by atoms with Crippen LogP contribution in [-0.4, -0.2) is 29.6 Å². The van der Waals surface area contributed by atoms with E-state index in [0.29, 0.717) is 13.0 Å². The number of amides is 1. The Morgan fingerprint density at radius 3 is 2.50 bits per heavy atom. The summed E-state index contributed by atoms with van der Waals surface area (Å²) in [5.41, 5.74) is 1.15. The van der Waals surface area contributed by atoms with Crippen LogP contribution in [-0.2, 0) is 9.59 Å². The molecule has 2 N–H and O–H groups in total. The second-order valence-corrected chi connectivity index (χ2v) is 4.81. The first-order chi connectivity index (χ1) is 9.47. The van der Waals surface area contributed by atoms with E-state index in [0.717, 1.165) is 11.3 Å². The molecule has 1 aromatic rings. The van der Waals surface area contributed by atoms with E-state index in [1.807, 2.05) is 31.2 Å². The number of carbonyl (C=O) groups is 2. The van der Waals surface area contributed by atoms with E-state index in [1.54, 1.807) is 6.92 Å². The van der Waals surface area contributed by atoms with Crippen LogP contribution in [0.4, 0.5) is 0 Å². The summed E-state index contributed by atoms with van der Waals surface area (Å²) in [6, 6.07) is 7.48. The molecule has 0 aromatic heterocycles. The molecule has 0 bridgehead atoms. The zero-order valence-electron chi connectivity index (χ0n) is 11.9. The zero-order chi connectivity index (χ0) is 15.0. The zero-order valence-corrected chi connectivity index (χ0v) is 11.9. The van der Waals surface area contributed by atoms with Gasteiger partial charge in [-0.05, 0) is 32.4 Å². The van der Waals surface area contributed by atoms with E-state index in [1.165, 1.54) is 0 Å². The molecular weight excluding hydrogens is 258 g/mol. The lowest BCUT2D eigenvalue weighted by Gasteiger charge is -2.13. The fraction of sp³-hybridized carbons (Fsp3) is 0.467. The fourth-order valence-electron chi connectivity index (χ4n) is 1.66. The highest BCUT2D eigenvalue weighted by Gasteiger charge is 2.09. The molecule has 5 heteroatoms. The number of benzene rings is 1. The van der Waals surface area contributed by atoms with Crippen LogP contribution < -0.4 is 10.1 Å². The van der Waals surface area contributed by atoms with Gasteiger partial charge in [0, 0.05) is 12.5 Å². The number of hydrogen-bond donors (Lipinski definition) is 2. The van der Waals surface area contributed by atoms with Crippen molar-refractivity contribution >= 4 is 11.9 Å². The third-order valence-electron chi connectivity index (χ3n) is 2.82. The summed E-state index contributed by atoms with van der Waals surface area (Å²) in [6.45, 7) is 4.10. The lowest BCUT2D eigenvalue weighted by atomic mass is 10.2. The van der Waals surface area contributed by atoms with Crippen molar-refractivity contribution < 1.29 is 19.4 Å². The molecule has 0 saturated heterocycles. The van der Waals surface area contributed by atoms with Crippen LogP contribution in [0, 0.1) is 6.92 Å². The first-order valence-corrected chi connectivity index (χ1v) is 6.68. The van der Waals surface area contributed by atoms with E-state index < -0.39 is 5.97 Å². The number of hydrogen-bond acceptors (Lipinski definition) is 3. The lowest BCUT2D eigenvalue weighted by molar-refractivity contribution is -0.137. The third-order valence-corrected chi connectivity index (χ3v) is 2.82. The van der Waals surface area contributed by atoms with Gasteiger partial charge in [0.05, 0.1) is 13.0 Å². The number of carboxylic acid groups (broad SMARTS) is 1. The quantitative estimate of drug-likeness (QED) is 0.764. The molecule has 20 heavy (non-hydrogen) atoms. The molecule has 0 radical (unpaired) electrons. The van der Waals surface area contributed by atoms with Gasteiger partial charge in [-0.2, -0.15) is 0 Å². The van der Waals surface area contributed by atoms with E-state index >= 15 is 0 Å². The highest BCUT2D eigenvalue weighted by atomic mass is 16.5. The van der Waals surface area contributed by atoms with Crippen LogP contribution >= 0.6 is 0 Å². The number of carboxylic acids is 1. The van der Waals surface area contributed by atoms with Gasteiger partial charge in [0.2, 0.25) is 5.91 Å². The minimum Gasteiger partial charge on any atom is -0.493 e. The standard InChI is InChI=1S/C15H21NO4/c1-11-3-6-13(7-4-11)20-10-9-14(17)16-12(2)5-8-15(18)19/h3-4,6-7,12H,5,8-10H2,1-2H3,(H,16,17)(H,18,19). The molecule has 110 valence electrons. The van der Waals surface area contributed by atoms with Gasteiger partial charge in [-0.1, -0.05) is 17.7 Å². The van der Waals surface area contributed by atoms with Crippen molar-refractivity contribution in [2.24, 2.45) is 0 Å². The molecule has 0 aliphatic heterocycles. The highest BCUT2D eigenvalue weighted by molar-refractivity contribution is 5.76. The van der Waals surface area contributed by atoms with Crippen molar-refractivity contribution in [2.75, 3.05) is 6.61 Å². The minimum atomic E-state index is -0.853. The molecule has 0 heterocycles. The summed E-state index contributed by atoms with van der Waals surface area (Å²) in [6.07, 6.45) is 0.743. The number of ether oxygens (including phenoxy) is 1. The number of nitrogens with one attached hydrogen (secondary N) is 1. The van der Waals surface area contributed by atoms with E-state index in [4.69, 9.17) is 9.84 Å². The monoisotopic (exact) mass is 279 g/mol. The molecule has 0 spiro atoms. The minimum absolute atomic E-state index is 0.0569. The predicted octanol–water partition coefficient (Wildman–Crippen LogP) is 2.13. The average Bonchev–Trinajstić information content (AvgIpc) is 2.38. The fourth-order valence-corrected chi connectivity index (χ4v) is 1.66. The average molecular weight is 279 g/mol. The number of rotatable bonds is 8. The molecule has 0 aliphatic carbocycles. The molecular formula is C15H21NO4. The topological polar surface area (TPSA) is 75.6 Å². The van der Waals surface area contributed by atoms with Gasteiger partial charge in [0.1, 0.15) is 5.75 Å². The Bertz CT molecular complexity index is 442. The van der Waals surface area contributed by atoms with E-state index in [-0.39, 0.29) is 24.8 Å². The number of aryl methyl sites for hydroxylation is 1. The van der Waals surface area contributed by atoms with Gasteiger partial charge in [0.15, 0.2) is 0 Å². The van der Waals surface area contributed by atoms with Gasteiger partial charge in [-0.25, -0.2) is 0 Å². The van der Waals surface area contributed by atoms with Gasteiger partial charge in [-0.15, -0.1) is 0 Å². The molecule has 1 unspecified atom stereocenters. The Morgan fingerprint density at radius 2 is 1.90 bits per heavy atom. The summed E-state index contributed by atoms with van der Waals surface area (Å²) in [7, 11) is 0. The second-order valence-electron chi connectivity index (χ2n) is 4.81. The van der Waals surface area contributed by atoms with Crippen LogP contribution in [0.15, 0.2) is 24.3 Å². The van der Waals surface area contributed by atoms with Crippen LogP contribution in [0.5, 0.6) is 5.75 Å². The number of carbonyl (C=O) groups excluding carboxylic acids is 1. The SMILES string of the molecule is Cc1ccc(OCCC(=O)NC(C)CCC(=O)O)cc1. The van der Waals surface area contributed by atoms with Crippen molar-refractivity contribution in [2.45, 2.75) is 39.2 Å². The van der Waals surface area contributed by atoms with Crippen molar-refractivity contribution in [3.63, 3.8) is 0 Å². The van der Waals surface area contributed by atoms with Crippen molar-refractivity contribution in [3.8, 4) is 5.75 Å². The van der Waals surface area contributed by atoms with Gasteiger partial charge >= 0.3 is 5.97 Å². The Morgan fingerprint density at radius 1 is 1.25 bits per heavy atom. The van der Waals surface area contributed by atoms with Gasteiger partial charge in [0.25, 0.3) is 0 Å². The Labute approximate surface area is 118 Å². The normalized spacial score (nSPS) is 11.7. The van der Waals surface area contributed by atoms with Crippen molar-refractivity contribution in [1.29, 1.82) is 0 Å². The molecule has 1 atom stereocenters. The van der Waals surface area contributed by atoms with E-state index in [2.05, 4.69) is 5.32 Å². The van der Waals surface area contributed by atoms with Crippen LogP contribution in [0.2, 0.25) is 0 Å². The summed E-state index contributed by atoms with van der Waals surface area (Å²) >= 11 is 0. The summed E-state index contributed by atoms with van der Waals surface area (Å²) in [5, 5.41) is 11.3. The van der Waals surface area contributed by atoms with Crippen LogP contribution in [0.1, 0.15) is 31.7 Å². The first-order valence-electron chi connectivity index (χ1n) is 6.68. The maximum absolute atomic E-state index is 11.6. The van der Waals surface area contributed by atoms with Crippen molar-refractivity contribution in [3.05, 3.63) is 29.8 Å². The van der Waals surface area contributed by atoms with Crippen molar-refractivity contribution in [1.82, 2.24) is 5.32 Å². The number of aliphatic carboxylic acids is 1. The summed E-state index contributed by atoms with van der Waals surface area (Å²) < 4.78 is 5.46. The molecule has 5 nitrogen and oxygen atoms in total. The third kappa shape index (κ3) is 6.78. The lowest BCUT2D eigenvalue weighted by Crippen LogP contribution is -2.33. The molecule has 0 aliphatic rings. The smallest absolute Gasteiger partial charge is 0.303 e. The molecule has 1 aromatic carbocycles. The van der Waals surface area contributed by atoms with Crippen LogP contribution in [0.25, 0.3) is 0 Å². The second kappa shape index (κ2) is 8.19. The molecule has 0 saturated carbocycles. The molecule has 0 fully saturated rings. The maximum Gasteiger partial charge on any atom is 0.303 e. The molecule has 1 rings (SSSR count). The largest absolute Gasteiger partial charge is 0.493 e. The first kappa shape index (κ1) is 16.0. The van der Waals surface area contributed by atoms with E-state index in [9.17, 15) is 9.59 Å². The van der Waals surface area contributed by atoms with Crippen LogP contribution in [0.3, 0.4) is 0 Å². The van der Waals surface area contributed by atoms with Gasteiger partial charge in [-0.3, -0.25) is 9.59 Å². The maximum atomic E-state index is 11.6. The summed E-state index contributed by atoms with van der Waals surface area (Å²) in [5.74, 6) is -0.244. The predicted molar refractivity (Wildman–Crippen MR) is 75.8 cm³/mol. The Hall–Kier alpha value is -2.04.